The Hall–Kier alpha value is -4.48. The van der Waals surface area contributed by atoms with Crippen LogP contribution in [0, 0.1) is 0 Å². The summed E-state index contributed by atoms with van der Waals surface area (Å²) in [6, 6.07) is 29.9. The van der Waals surface area contributed by atoms with Crippen molar-refractivity contribution in [3.05, 3.63) is 110 Å². The van der Waals surface area contributed by atoms with Gasteiger partial charge in [0.05, 0.1) is 26.8 Å². The van der Waals surface area contributed by atoms with Gasteiger partial charge in [0.1, 0.15) is 5.65 Å². The molecule has 0 spiro atoms. The van der Waals surface area contributed by atoms with E-state index in [4.69, 9.17) is 4.98 Å². The maximum atomic E-state index is 5.02. The van der Waals surface area contributed by atoms with Gasteiger partial charge in [-0.15, -0.1) is 11.3 Å². The minimum absolute atomic E-state index is 0.946. The summed E-state index contributed by atoms with van der Waals surface area (Å²) in [5.74, 6) is 0. The van der Waals surface area contributed by atoms with Crippen molar-refractivity contribution >= 4 is 64.3 Å². The van der Waals surface area contributed by atoms with Gasteiger partial charge in [0, 0.05) is 56.7 Å². The fraction of sp³-hybridized carbons (Fsp3) is 0. The van der Waals surface area contributed by atoms with Gasteiger partial charge in [-0.3, -0.25) is 9.55 Å². The molecule has 0 unspecified atom stereocenters. The minimum Gasteiger partial charge on any atom is -0.316 e. The number of pyridine rings is 2. The van der Waals surface area contributed by atoms with E-state index < -0.39 is 0 Å². The van der Waals surface area contributed by atoms with Crippen LogP contribution in [0.3, 0.4) is 0 Å². The molecule has 0 bridgehead atoms. The van der Waals surface area contributed by atoms with Crippen LogP contribution in [-0.2, 0) is 0 Å². The highest BCUT2D eigenvalue weighted by molar-refractivity contribution is 7.26. The van der Waals surface area contributed by atoms with Crippen molar-refractivity contribution in [3.8, 4) is 11.4 Å². The SMILES string of the molecule is c1ccc(-n2ccc3cnc4c(c5cnccc5n4-c4cccc5c4sc4ccccc45)c32)cc1. The van der Waals surface area contributed by atoms with Crippen LogP contribution in [0.1, 0.15) is 0 Å². The maximum absolute atomic E-state index is 5.02. The van der Waals surface area contributed by atoms with Gasteiger partial charge >= 0.3 is 0 Å². The number of hydrogen-bond donors (Lipinski definition) is 0. The Labute approximate surface area is 204 Å². The lowest BCUT2D eigenvalue weighted by Crippen LogP contribution is -1.96. The van der Waals surface area contributed by atoms with Gasteiger partial charge in [-0.25, -0.2) is 4.98 Å². The van der Waals surface area contributed by atoms with Gasteiger partial charge in [-0.05, 0) is 36.4 Å². The monoisotopic (exact) mass is 466 g/mol. The molecule has 164 valence electrons. The minimum atomic E-state index is 0.946. The highest BCUT2D eigenvalue weighted by atomic mass is 32.1. The van der Waals surface area contributed by atoms with Crippen molar-refractivity contribution in [1.29, 1.82) is 0 Å². The van der Waals surface area contributed by atoms with Crippen molar-refractivity contribution in [2.45, 2.75) is 0 Å². The molecule has 35 heavy (non-hydrogen) atoms. The summed E-state index contributed by atoms with van der Waals surface area (Å²) in [5.41, 5.74) is 5.49. The first kappa shape index (κ1) is 18.9. The summed E-state index contributed by atoms with van der Waals surface area (Å²) in [7, 11) is 0. The number of aromatic nitrogens is 4. The Kier molecular flexibility index (Phi) is 3.78. The van der Waals surface area contributed by atoms with Crippen molar-refractivity contribution in [2.75, 3.05) is 0 Å². The quantitative estimate of drug-likeness (QED) is 0.260. The molecule has 4 nitrogen and oxygen atoms in total. The third kappa shape index (κ3) is 2.56. The summed E-state index contributed by atoms with van der Waals surface area (Å²) < 4.78 is 7.14. The first-order chi connectivity index (χ1) is 17.4. The van der Waals surface area contributed by atoms with E-state index in [1.807, 2.05) is 36.0 Å². The summed E-state index contributed by atoms with van der Waals surface area (Å²) in [5, 5.41) is 5.92. The van der Waals surface area contributed by atoms with Crippen molar-refractivity contribution in [2.24, 2.45) is 0 Å². The van der Waals surface area contributed by atoms with Crippen LogP contribution in [0.2, 0.25) is 0 Å². The first-order valence-electron chi connectivity index (χ1n) is 11.6. The summed E-state index contributed by atoms with van der Waals surface area (Å²) in [6.07, 6.45) is 7.97. The summed E-state index contributed by atoms with van der Waals surface area (Å²) in [6.45, 7) is 0. The molecule has 3 aromatic carbocycles. The molecule has 0 aliphatic rings. The number of benzene rings is 3. The van der Waals surface area contributed by atoms with E-state index in [9.17, 15) is 0 Å². The predicted molar refractivity (Wildman–Crippen MR) is 146 cm³/mol. The van der Waals surface area contributed by atoms with Crippen LogP contribution in [0.5, 0.6) is 0 Å². The zero-order valence-corrected chi connectivity index (χ0v) is 19.4. The summed E-state index contributed by atoms with van der Waals surface area (Å²) in [4.78, 5) is 9.53. The standard InChI is InChI=1S/C30H18N4S/c1-2-7-20(8-3-1)33-16-14-19-17-32-30-27(28(19)33)23-18-31-15-13-24(23)34(30)25-11-6-10-22-21-9-4-5-12-26(21)35-29(22)25/h1-18H. The number of rotatable bonds is 2. The predicted octanol–water partition coefficient (Wildman–Crippen LogP) is 7.89. The van der Waals surface area contributed by atoms with Crippen molar-refractivity contribution in [3.63, 3.8) is 0 Å². The van der Waals surface area contributed by atoms with E-state index in [1.165, 1.54) is 20.2 Å². The van der Waals surface area contributed by atoms with Crippen LogP contribution in [-0.4, -0.2) is 19.1 Å². The molecule has 0 N–H and O–H groups in total. The van der Waals surface area contributed by atoms with Crippen LogP contribution >= 0.6 is 11.3 Å². The number of nitrogens with zero attached hydrogens (tertiary/aromatic N) is 4. The number of para-hydroxylation sites is 1. The molecule has 0 aliphatic carbocycles. The molecule has 0 amide bonds. The molecule has 0 fully saturated rings. The smallest absolute Gasteiger partial charge is 0.147 e. The fourth-order valence-electron chi connectivity index (χ4n) is 5.38. The Morgan fingerprint density at radius 1 is 0.714 bits per heavy atom. The third-order valence-corrected chi connectivity index (χ3v) is 8.09. The Balaban J connectivity index is 1.56. The molecule has 5 heterocycles. The van der Waals surface area contributed by atoms with Crippen LogP contribution in [0.4, 0.5) is 0 Å². The molecule has 0 radical (unpaired) electrons. The average Bonchev–Trinajstić information content (AvgIpc) is 3.60. The molecule has 0 saturated carbocycles. The molecule has 8 rings (SSSR count). The number of thiophene rings is 1. The second-order valence-corrected chi connectivity index (χ2v) is 9.81. The van der Waals surface area contributed by atoms with Crippen LogP contribution in [0.25, 0.3) is 64.4 Å². The second-order valence-electron chi connectivity index (χ2n) is 8.76. The lowest BCUT2D eigenvalue weighted by Gasteiger charge is -2.09. The van der Waals surface area contributed by atoms with E-state index >= 15 is 0 Å². The topological polar surface area (TPSA) is 35.6 Å². The molecule has 0 aliphatic heterocycles. The molecular formula is C30H18N4S. The van der Waals surface area contributed by atoms with E-state index in [-0.39, 0.29) is 0 Å². The maximum Gasteiger partial charge on any atom is 0.147 e. The largest absolute Gasteiger partial charge is 0.316 e. The Morgan fingerprint density at radius 2 is 1.57 bits per heavy atom. The molecule has 0 saturated heterocycles. The van der Waals surface area contributed by atoms with Gasteiger partial charge in [0.2, 0.25) is 0 Å². The van der Waals surface area contributed by atoms with Gasteiger partial charge < -0.3 is 4.57 Å². The van der Waals surface area contributed by atoms with Gasteiger partial charge in [-0.2, -0.15) is 0 Å². The van der Waals surface area contributed by atoms with E-state index in [1.54, 1.807) is 0 Å². The van der Waals surface area contributed by atoms with Crippen LogP contribution in [0.15, 0.2) is 110 Å². The van der Waals surface area contributed by atoms with Crippen molar-refractivity contribution < 1.29 is 0 Å². The van der Waals surface area contributed by atoms with Gasteiger partial charge in [0.25, 0.3) is 0 Å². The highest BCUT2D eigenvalue weighted by Crippen LogP contribution is 2.41. The number of hydrogen-bond acceptors (Lipinski definition) is 3. The van der Waals surface area contributed by atoms with Gasteiger partial charge in [-0.1, -0.05) is 48.5 Å². The lowest BCUT2D eigenvalue weighted by atomic mass is 10.1. The lowest BCUT2D eigenvalue weighted by molar-refractivity contribution is 1.13. The van der Waals surface area contributed by atoms with Gasteiger partial charge in [0.15, 0.2) is 0 Å². The Bertz CT molecular complexity index is 2060. The Morgan fingerprint density at radius 3 is 2.51 bits per heavy atom. The highest BCUT2D eigenvalue weighted by Gasteiger charge is 2.20. The fourth-order valence-corrected chi connectivity index (χ4v) is 6.59. The molecule has 8 aromatic rings. The van der Waals surface area contributed by atoms with E-state index in [2.05, 4.69) is 99.2 Å². The normalized spacial score (nSPS) is 12.0. The van der Waals surface area contributed by atoms with Crippen LogP contribution < -0.4 is 0 Å². The molecule has 0 atom stereocenters. The van der Waals surface area contributed by atoms with E-state index in [0.29, 0.717) is 0 Å². The number of fused-ring (bicyclic) bond motifs is 8. The molecular weight excluding hydrogens is 448 g/mol. The van der Waals surface area contributed by atoms with E-state index in [0.717, 1.165) is 44.2 Å². The summed E-state index contributed by atoms with van der Waals surface area (Å²) >= 11 is 1.84. The zero-order valence-electron chi connectivity index (χ0n) is 18.6. The third-order valence-electron chi connectivity index (χ3n) is 6.88. The first-order valence-corrected chi connectivity index (χ1v) is 12.4. The zero-order chi connectivity index (χ0) is 22.9. The molecule has 5 heteroatoms. The average molecular weight is 467 g/mol. The van der Waals surface area contributed by atoms with Crippen molar-refractivity contribution in [1.82, 2.24) is 19.1 Å². The second kappa shape index (κ2) is 7.01. The molecule has 5 aromatic heterocycles.